The molecular formula is C33H21N5. The Morgan fingerprint density at radius 2 is 0.974 bits per heavy atom. The molecule has 0 saturated heterocycles. The predicted octanol–water partition coefficient (Wildman–Crippen LogP) is 7.73. The molecule has 0 aliphatic carbocycles. The van der Waals surface area contributed by atoms with Gasteiger partial charge in [0.15, 0.2) is 5.82 Å². The molecule has 3 heterocycles. The summed E-state index contributed by atoms with van der Waals surface area (Å²) in [5.41, 5.74) is 7.93. The molecule has 0 unspecified atom stereocenters. The smallest absolute Gasteiger partial charge is 0.162 e. The molecule has 0 atom stereocenters. The third-order valence-electron chi connectivity index (χ3n) is 7.34. The second kappa shape index (κ2) is 8.11. The van der Waals surface area contributed by atoms with Gasteiger partial charge in [-0.3, -0.25) is 0 Å². The zero-order valence-electron chi connectivity index (χ0n) is 20.4. The minimum Gasteiger partial charge on any atom is -0.309 e. The Kier molecular flexibility index (Phi) is 4.45. The first kappa shape index (κ1) is 20.9. The maximum Gasteiger partial charge on any atom is 0.162 e. The highest BCUT2D eigenvalue weighted by molar-refractivity contribution is 6.19. The van der Waals surface area contributed by atoms with Crippen molar-refractivity contribution in [3.8, 4) is 22.8 Å². The van der Waals surface area contributed by atoms with E-state index in [9.17, 15) is 0 Å². The Balaban J connectivity index is 1.54. The second-order valence-electron chi connectivity index (χ2n) is 9.44. The van der Waals surface area contributed by atoms with E-state index in [0.29, 0.717) is 5.82 Å². The van der Waals surface area contributed by atoms with E-state index in [2.05, 4.69) is 139 Å². The van der Waals surface area contributed by atoms with Crippen molar-refractivity contribution in [3.05, 3.63) is 128 Å². The Bertz CT molecular complexity index is 2110. The van der Waals surface area contributed by atoms with Crippen LogP contribution >= 0.6 is 0 Å². The van der Waals surface area contributed by atoms with Gasteiger partial charge in [-0.25, -0.2) is 15.0 Å². The lowest BCUT2D eigenvalue weighted by Gasteiger charge is -2.10. The van der Waals surface area contributed by atoms with Crippen molar-refractivity contribution in [1.82, 2.24) is 24.1 Å². The van der Waals surface area contributed by atoms with E-state index in [1.807, 2.05) is 0 Å². The molecule has 178 valence electrons. The molecule has 0 spiro atoms. The first-order valence-corrected chi connectivity index (χ1v) is 12.6. The van der Waals surface area contributed by atoms with Gasteiger partial charge in [-0.2, -0.15) is 0 Å². The molecule has 3 aromatic heterocycles. The first-order valence-electron chi connectivity index (χ1n) is 12.6. The Hall–Kier alpha value is -5.29. The van der Waals surface area contributed by atoms with Gasteiger partial charge in [-0.15, -0.1) is 0 Å². The zero-order valence-corrected chi connectivity index (χ0v) is 20.4. The molecule has 0 aliphatic rings. The van der Waals surface area contributed by atoms with Crippen LogP contribution < -0.4 is 0 Å². The molecular weight excluding hydrogens is 466 g/mol. The SMILES string of the molecule is c1ccc(-n2c3ccccc3c3cc4c5cc(-c6ncncn6)ccc5n(-c5ccccc5)c4cc32)cc1. The number of benzene rings is 5. The second-order valence-corrected chi connectivity index (χ2v) is 9.44. The summed E-state index contributed by atoms with van der Waals surface area (Å²) in [5.74, 6) is 0.671. The quantitative estimate of drug-likeness (QED) is 0.256. The van der Waals surface area contributed by atoms with Crippen molar-refractivity contribution in [2.24, 2.45) is 0 Å². The molecule has 0 amide bonds. The van der Waals surface area contributed by atoms with Gasteiger partial charge in [0.25, 0.3) is 0 Å². The molecule has 0 N–H and O–H groups in total. The Labute approximate surface area is 218 Å². The summed E-state index contributed by atoms with van der Waals surface area (Å²) < 4.78 is 4.72. The fourth-order valence-electron chi connectivity index (χ4n) is 5.72. The summed E-state index contributed by atoms with van der Waals surface area (Å²) in [7, 11) is 0. The molecule has 38 heavy (non-hydrogen) atoms. The lowest BCUT2D eigenvalue weighted by molar-refractivity contribution is 1.06. The van der Waals surface area contributed by atoms with Gasteiger partial charge in [0.2, 0.25) is 0 Å². The Morgan fingerprint density at radius 1 is 0.421 bits per heavy atom. The molecule has 5 heteroatoms. The molecule has 8 rings (SSSR count). The van der Waals surface area contributed by atoms with Crippen LogP contribution in [0.1, 0.15) is 0 Å². The van der Waals surface area contributed by atoms with Crippen LogP contribution in [0.5, 0.6) is 0 Å². The van der Waals surface area contributed by atoms with Gasteiger partial charge in [0.05, 0.1) is 22.1 Å². The van der Waals surface area contributed by atoms with Gasteiger partial charge >= 0.3 is 0 Å². The fraction of sp³-hybridized carbons (Fsp3) is 0. The fourth-order valence-corrected chi connectivity index (χ4v) is 5.72. The Morgan fingerprint density at radius 3 is 1.66 bits per heavy atom. The molecule has 0 aliphatic heterocycles. The standard InChI is InChI=1S/C33H21N5/c1-3-9-23(10-4-1)37-29-14-8-7-13-25(29)27-18-28-26-17-22(33-35-20-34-21-36-33)15-16-30(26)38(32(28)19-31(27)37)24-11-5-2-6-12-24/h1-21H. The minimum atomic E-state index is 0.671. The summed E-state index contributed by atoms with van der Waals surface area (Å²) in [5, 5.41) is 4.83. The molecule has 8 aromatic rings. The molecule has 0 bridgehead atoms. The lowest BCUT2D eigenvalue weighted by Crippen LogP contribution is -1.95. The van der Waals surface area contributed by atoms with Gasteiger partial charge < -0.3 is 9.13 Å². The molecule has 0 saturated carbocycles. The number of hydrogen-bond donors (Lipinski definition) is 0. The lowest BCUT2D eigenvalue weighted by atomic mass is 10.1. The number of nitrogens with zero attached hydrogens (tertiary/aromatic N) is 5. The van der Waals surface area contributed by atoms with Gasteiger partial charge in [-0.1, -0.05) is 54.6 Å². The predicted molar refractivity (Wildman–Crippen MR) is 154 cm³/mol. The molecule has 5 aromatic carbocycles. The van der Waals surface area contributed by atoms with Crippen molar-refractivity contribution >= 4 is 43.6 Å². The van der Waals surface area contributed by atoms with Crippen LogP contribution in [0.2, 0.25) is 0 Å². The van der Waals surface area contributed by atoms with Crippen LogP contribution in [0, 0.1) is 0 Å². The summed E-state index contributed by atoms with van der Waals surface area (Å²) >= 11 is 0. The number of aromatic nitrogens is 5. The minimum absolute atomic E-state index is 0.671. The monoisotopic (exact) mass is 487 g/mol. The maximum atomic E-state index is 4.40. The van der Waals surface area contributed by atoms with Crippen LogP contribution in [0.15, 0.2) is 128 Å². The summed E-state index contributed by atoms with van der Waals surface area (Å²) in [4.78, 5) is 12.8. The van der Waals surface area contributed by atoms with Crippen LogP contribution in [-0.4, -0.2) is 24.1 Å². The largest absolute Gasteiger partial charge is 0.309 e. The average Bonchev–Trinajstić information content (AvgIpc) is 3.49. The van der Waals surface area contributed by atoms with Crippen LogP contribution in [-0.2, 0) is 0 Å². The highest BCUT2D eigenvalue weighted by Gasteiger charge is 2.19. The highest BCUT2D eigenvalue weighted by Crippen LogP contribution is 2.40. The first-order chi connectivity index (χ1) is 18.9. The van der Waals surface area contributed by atoms with Crippen molar-refractivity contribution in [1.29, 1.82) is 0 Å². The van der Waals surface area contributed by atoms with E-state index < -0.39 is 0 Å². The zero-order chi connectivity index (χ0) is 25.1. The average molecular weight is 488 g/mol. The van der Waals surface area contributed by atoms with Crippen molar-refractivity contribution in [3.63, 3.8) is 0 Å². The van der Waals surface area contributed by atoms with Gasteiger partial charge in [-0.05, 0) is 60.7 Å². The summed E-state index contributed by atoms with van der Waals surface area (Å²) in [6, 6.07) is 41.0. The molecule has 5 nitrogen and oxygen atoms in total. The molecule has 0 radical (unpaired) electrons. The number of fused-ring (bicyclic) bond motifs is 6. The van der Waals surface area contributed by atoms with Crippen molar-refractivity contribution < 1.29 is 0 Å². The third kappa shape index (κ3) is 3.02. The van der Waals surface area contributed by atoms with E-state index in [4.69, 9.17) is 0 Å². The van der Waals surface area contributed by atoms with Gasteiger partial charge in [0.1, 0.15) is 12.7 Å². The summed E-state index contributed by atoms with van der Waals surface area (Å²) in [6.07, 6.45) is 3.09. The van der Waals surface area contributed by atoms with E-state index in [1.165, 1.54) is 32.6 Å². The maximum absolute atomic E-state index is 4.40. The van der Waals surface area contributed by atoms with Crippen molar-refractivity contribution in [2.45, 2.75) is 0 Å². The van der Waals surface area contributed by atoms with Crippen LogP contribution in [0.4, 0.5) is 0 Å². The number of hydrogen-bond acceptors (Lipinski definition) is 3. The third-order valence-corrected chi connectivity index (χ3v) is 7.34. The van der Waals surface area contributed by atoms with E-state index in [0.717, 1.165) is 28.0 Å². The van der Waals surface area contributed by atoms with Gasteiger partial charge in [0, 0.05) is 38.5 Å². The number of rotatable bonds is 3. The van der Waals surface area contributed by atoms with E-state index in [-0.39, 0.29) is 0 Å². The van der Waals surface area contributed by atoms with Crippen molar-refractivity contribution in [2.75, 3.05) is 0 Å². The van der Waals surface area contributed by atoms with Crippen LogP contribution in [0.25, 0.3) is 66.4 Å². The summed E-state index contributed by atoms with van der Waals surface area (Å²) in [6.45, 7) is 0. The van der Waals surface area contributed by atoms with Crippen LogP contribution in [0.3, 0.4) is 0 Å². The normalized spacial score (nSPS) is 11.7. The van der Waals surface area contributed by atoms with E-state index in [1.54, 1.807) is 12.7 Å². The number of para-hydroxylation sites is 3. The topological polar surface area (TPSA) is 48.5 Å². The van der Waals surface area contributed by atoms with E-state index >= 15 is 0 Å². The molecule has 0 fully saturated rings. The highest BCUT2D eigenvalue weighted by atomic mass is 15.0.